The van der Waals surface area contributed by atoms with Crippen LogP contribution in [-0.2, 0) is 4.79 Å². The highest BCUT2D eigenvalue weighted by atomic mass is 79.9. The zero-order valence-corrected chi connectivity index (χ0v) is 15.8. The maximum absolute atomic E-state index is 12.3. The van der Waals surface area contributed by atoms with Gasteiger partial charge in [0.1, 0.15) is 0 Å². The summed E-state index contributed by atoms with van der Waals surface area (Å²) < 4.78 is 0.969. The smallest absolute Gasteiger partial charge is 0.255 e. The molecular formula is C19H21BrN2O2. The molecule has 0 bridgehead atoms. The van der Waals surface area contributed by atoms with Gasteiger partial charge in [-0.25, -0.2) is 0 Å². The van der Waals surface area contributed by atoms with Crippen LogP contribution < -0.4 is 10.6 Å². The van der Waals surface area contributed by atoms with Gasteiger partial charge in [-0.2, -0.15) is 0 Å². The third-order valence-electron chi connectivity index (χ3n) is 3.52. The van der Waals surface area contributed by atoms with E-state index in [0.29, 0.717) is 11.3 Å². The summed E-state index contributed by atoms with van der Waals surface area (Å²) in [5.74, 6) is -0.251. The fourth-order valence-electron chi connectivity index (χ4n) is 1.99. The summed E-state index contributed by atoms with van der Waals surface area (Å²) in [6, 6.07) is 12.5. The van der Waals surface area contributed by atoms with Gasteiger partial charge in [-0.05, 0) is 55.0 Å². The molecule has 2 N–H and O–H groups in total. The van der Waals surface area contributed by atoms with Crippen LogP contribution >= 0.6 is 15.9 Å². The van der Waals surface area contributed by atoms with Crippen LogP contribution in [-0.4, -0.2) is 11.8 Å². The Bertz CT molecular complexity index is 762. The number of halogens is 1. The monoisotopic (exact) mass is 388 g/mol. The van der Waals surface area contributed by atoms with E-state index in [1.807, 2.05) is 45.9 Å². The number of hydrogen-bond donors (Lipinski definition) is 2. The quantitative estimate of drug-likeness (QED) is 0.777. The number of carbonyl (C=O) groups is 2. The molecule has 126 valence electrons. The van der Waals surface area contributed by atoms with Crippen molar-refractivity contribution in [2.24, 2.45) is 5.41 Å². The second kappa shape index (κ2) is 7.18. The Labute approximate surface area is 150 Å². The molecule has 5 heteroatoms. The first kappa shape index (κ1) is 18.2. The molecule has 0 aliphatic carbocycles. The predicted molar refractivity (Wildman–Crippen MR) is 101 cm³/mol. The molecule has 0 radical (unpaired) electrons. The van der Waals surface area contributed by atoms with E-state index < -0.39 is 5.41 Å². The summed E-state index contributed by atoms with van der Waals surface area (Å²) in [6.45, 7) is 7.49. The van der Waals surface area contributed by atoms with Crippen LogP contribution in [0.5, 0.6) is 0 Å². The molecule has 4 nitrogen and oxygen atoms in total. The Kier molecular flexibility index (Phi) is 5.44. The molecule has 2 aromatic rings. The maximum atomic E-state index is 12.3. The maximum Gasteiger partial charge on any atom is 0.255 e. The molecule has 0 spiro atoms. The van der Waals surface area contributed by atoms with Crippen molar-refractivity contribution in [1.29, 1.82) is 0 Å². The van der Waals surface area contributed by atoms with Gasteiger partial charge in [-0.1, -0.05) is 36.7 Å². The van der Waals surface area contributed by atoms with Crippen molar-refractivity contribution in [1.82, 2.24) is 0 Å². The minimum atomic E-state index is -0.463. The summed E-state index contributed by atoms with van der Waals surface area (Å²) in [5, 5.41) is 5.73. The molecule has 0 saturated carbocycles. The number of rotatable bonds is 3. The molecule has 24 heavy (non-hydrogen) atoms. The minimum absolute atomic E-state index is 0.0646. The molecular weight excluding hydrogens is 368 g/mol. The summed E-state index contributed by atoms with van der Waals surface area (Å²) in [6.07, 6.45) is 0. The predicted octanol–water partition coefficient (Wildman–Crippen LogP) is 4.99. The summed E-state index contributed by atoms with van der Waals surface area (Å²) in [4.78, 5) is 24.3. The highest BCUT2D eigenvalue weighted by molar-refractivity contribution is 9.10. The first-order valence-electron chi connectivity index (χ1n) is 7.66. The number of amides is 2. The van der Waals surface area contributed by atoms with E-state index in [1.54, 1.807) is 24.3 Å². The Morgan fingerprint density at radius 2 is 1.58 bits per heavy atom. The van der Waals surface area contributed by atoms with Gasteiger partial charge in [0.2, 0.25) is 5.91 Å². The van der Waals surface area contributed by atoms with E-state index in [2.05, 4.69) is 26.6 Å². The van der Waals surface area contributed by atoms with Gasteiger partial charge in [-0.15, -0.1) is 0 Å². The molecule has 2 aromatic carbocycles. The van der Waals surface area contributed by atoms with E-state index in [-0.39, 0.29) is 11.8 Å². The van der Waals surface area contributed by atoms with E-state index in [1.165, 1.54) is 0 Å². The Morgan fingerprint density at radius 1 is 0.958 bits per heavy atom. The molecule has 0 unspecified atom stereocenters. The Hall–Kier alpha value is -2.14. The summed E-state index contributed by atoms with van der Waals surface area (Å²) in [7, 11) is 0. The van der Waals surface area contributed by atoms with E-state index in [9.17, 15) is 9.59 Å². The lowest BCUT2D eigenvalue weighted by Crippen LogP contribution is -2.27. The van der Waals surface area contributed by atoms with Gasteiger partial charge < -0.3 is 10.6 Å². The number of carbonyl (C=O) groups excluding carboxylic acids is 2. The lowest BCUT2D eigenvalue weighted by Gasteiger charge is -2.17. The van der Waals surface area contributed by atoms with E-state index >= 15 is 0 Å². The van der Waals surface area contributed by atoms with E-state index in [0.717, 1.165) is 15.7 Å². The molecule has 0 atom stereocenters. The zero-order chi connectivity index (χ0) is 17.9. The van der Waals surface area contributed by atoms with Crippen LogP contribution in [0.3, 0.4) is 0 Å². The van der Waals surface area contributed by atoms with Crippen LogP contribution in [0.4, 0.5) is 11.4 Å². The highest BCUT2D eigenvalue weighted by Crippen LogP contribution is 2.21. The first-order valence-corrected chi connectivity index (χ1v) is 8.45. The highest BCUT2D eigenvalue weighted by Gasteiger charge is 2.21. The summed E-state index contributed by atoms with van der Waals surface area (Å²) >= 11 is 3.40. The van der Waals surface area contributed by atoms with Gasteiger partial charge in [0.15, 0.2) is 0 Å². The standard InChI is InChI=1S/C19H21BrN2O2/c1-12-11-14(20)7-10-16(12)22-17(23)13-5-8-15(9-6-13)21-18(24)19(2,3)4/h5-11H,1-4H3,(H,21,24)(H,22,23). The fraction of sp³-hybridized carbons (Fsp3) is 0.263. The second-order valence-corrected chi connectivity index (χ2v) is 7.61. The molecule has 0 fully saturated rings. The van der Waals surface area contributed by atoms with Crippen LogP contribution in [0, 0.1) is 12.3 Å². The molecule has 0 aliphatic heterocycles. The van der Waals surface area contributed by atoms with Gasteiger partial charge in [-0.3, -0.25) is 9.59 Å². The van der Waals surface area contributed by atoms with E-state index in [4.69, 9.17) is 0 Å². The lowest BCUT2D eigenvalue weighted by molar-refractivity contribution is -0.123. The molecule has 0 aliphatic rings. The first-order chi connectivity index (χ1) is 11.2. The lowest BCUT2D eigenvalue weighted by atomic mass is 9.95. The number of nitrogens with one attached hydrogen (secondary N) is 2. The SMILES string of the molecule is Cc1cc(Br)ccc1NC(=O)c1ccc(NC(=O)C(C)(C)C)cc1. The van der Waals surface area contributed by atoms with Crippen molar-refractivity contribution in [3.8, 4) is 0 Å². The zero-order valence-electron chi connectivity index (χ0n) is 14.2. The molecule has 0 saturated heterocycles. The van der Waals surface area contributed by atoms with Crippen LogP contribution in [0.15, 0.2) is 46.9 Å². The van der Waals surface area contributed by atoms with Crippen molar-refractivity contribution in [3.05, 3.63) is 58.1 Å². The molecule has 2 rings (SSSR count). The normalized spacial score (nSPS) is 11.0. The topological polar surface area (TPSA) is 58.2 Å². The van der Waals surface area contributed by atoms with Crippen molar-refractivity contribution < 1.29 is 9.59 Å². The average Bonchev–Trinajstić information content (AvgIpc) is 2.49. The number of anilines is 2. The van der Waals surface area contributed by atoms with Crippen LogP contribution in [0.2, 0.25) is 0 Å². The molecule has 0 heterocycles. The van der Waals surface area contributed by atoms with Gasteiger partial charge >= 0.3 is 0 Å². The summed E-state index contributed by atoms with van der Waals surface area (Å²) in [5.41, 5.74) is 2.49. The van der Waals surface area contributed by atoms with Gasteiger partial charge in [0, 0.05) is 26.8 Å². The van der Waals surface area contributed by atoms with Gasteiger partial charge in [0.25, 0.3) is 5.91 Å². The average molecular weight is 389 g/mol. The molecule has 0 aromatic heterocycles. The number of hydrogen-bond acceptors (Lipinski definition) is 2. The molecule has 2 amide bonds. The number of benzene rings is 2. The van der Waals surface area contributed by atoms with Crippen LogP contribution in [0.25, 0.3) is 0 Å². The Balaban J connectivity index is 2.07. The fourth-order valence-corrected chi connectivity index (χ4v) is 2.46. The third-order valence-corrected chi connectivity index (χ3v) is 4.02. The Morgan fingerprint density at radius 3 is 2.12 bits per heavy atom. The van der Waals surface area contributed by atoms with Crippen molar-refractivity contribution >= 4 is 39.1 Å². The number of aryl methyl sites for hydroxylation is 1. The third kappa shape index (κ3) is 4.68. The van der Waals surface area contributed by atoms with Crippen molar-refractivity contribution in [3.63, 3.8) is 0 Å². The van der Waals surface area contributed by atoms with Crippen molar-refractivity contribution in [2.75, 3.05) is 10.6 Å². The van der Waals surface area contributed by atoms with Gasteiger partial charge in [0.05, 0.1) is 0 Å². The largest absolute Gasteiger partial charge is 0.326 e. The van der Waals surface area contributed by atoms with Crippen LogP contribution in [0.1, 0.15) is 36.7 Å². The minimum Gasteiger partial charge on any atom is -0.326 e. The second-order valence-electron chi connectivity index (χ2n) is 6.69. The van der Waals surface area contributed by atoms with Crippen molar-refractivity contribution in [2.45, 2.75) is 27.7 Å².